The number of hydrogen-bond acceptors (Lipinski definition) is 4. The number of aliphatic hydroxyl groups is 3. The molecule has 0 fully saturated rings. The molecule has 0 radical (unpaired) electrons. The Balaban J connectivity index is 3.02. The Bertz CT molecular complexity index is 503. The van der Waals surface area contributed by atoms with Gasteiger partial charge in [0.05, 0.1) is 25.2 Å². The fraction of sp³-hybridized carbons (Fsp3) is 0.778. The first-order chi connectivity index (χ1) is 15.1. The summed E-state index contributed by atoms with van der Waals surface area (Å²) in [4.78, 5) is 0. The van der Waals surface area contributed by atoms with Crippen LogP contribution in [0, 0.1) is 5.41 Å². The van der Waals surface area contributed by atoms with Crippen LogP contribution in [0.2, 0.25) is 0 Å². The van der Waals surface area contributed by atoms with E-state index in [1.165, 1.54) is 51.4 Å². The van der Waals surface area contributed by atoms with E-state index >= 15 is 0 Å². The lowest BCUT2D eigenvalue weighted by molar-refractivity contribution is -0.147. The average molecular weight is 437 g/mol. The predicted octanol–water partition coefficient (Wildman–Crippen LogP) is 6.27. The second-order valence-electron chi connectivity index (χ2n) is 9.20. The van der Waals surface area contributed by atoms with Gasteiger partial charge < -0.3 is 20.1 Å². The monoisotopic (exact) mass is 436 g/mol. The third-order valence-corrected chi connectivity index (χ3v) is 6.80. The van der Waals surface area contributed by atoms with Crippen LogP contribution in [0.25, 0.3) is 0 Å². The van der Waals surface area contributed by atoms with Gasteiger partial charge >= 0.3 is 0 Å². The minimum atomic E-state index is -1.07. The van der Waals surface area contributed by atoms with Crippen LogP contribution in [-0.4, -0.2) is 40.7 Å². The van der Waals surface area contributed by atoms with Gasteiger partial charge in [-0.25, -0.2) is 0 Å². The summed E-state index contributed by atoms with van der Waals surface area (Å²) in [6.07, 6.45) is 15.4. The van der Waals surface area contributed by atoms with Gasteiger partial charge in [-0.2, -0.15) is 0 Å². The van der Waals surface area contributed by atoms with Crippen LogP contribution in [0.15, 0.2) is 30.3 Å². The molecule has 1 aromatic carbocycles. The van der Waals surface area contributed by atoms with Crippen LogP contribution in [0.4, 0.5) is 0 Å². The van der Waals surface area contributed by atoms with Crippen molar-refractivity contribution in [2.75, 3.05) is 19.8 Å². The standard InChI is InChI=1S/C27H48O4/c1-3-5-7-9-11-16-20-27(26(22-28,23-29)24-30,21-17-12-10-8-6-4-2)31-25-18-14-13-15-19-25/h13-15,18-19,28-30H,3-12,16-17,20-24H2,1-2H3. The molecule has 1 aromatic rings. The maximum atomic E-state index is 10.3. The first kappa shape index (κ1) is 27.9. The van der Waals surface area contributed by atoms with Crippen molar-refractivity contribution in [1.82, 2.24) is 0 Å². The predicted molar refractivity (Wildman–Crippen MR) is 129 cm³/mol. The van der Waals surface area contributed by atoms with Crippen LogP contribution in [0.1, 0.15) is 104 Å². The number of rotatable bonds is 20. The van der Waals surface area contributed by atoms with E-state index < -0.39 is 11.0 Å². The van der Waals surface area contributed by atoms with E-state index in [0.717, 1.165) is 44.3 Å². The molecule has 0 aliphatic rings. The minimum Gasteiger partial charge on any atom is -0.486 e. The number of unbranched alkanes of at least 4 members (excludes halogenated alkanes) is 10. The van der Waals surface area contributed by atoms with Crippen molar-refractivity contribution in [3.8, 4) is 5.75 Å². The summed E-state index contributed by atoms with van der Waals surface area (Å²) in [6, 6.07) is 9.68. The van der Waals surface area contributed by atoms with Gasteiger partial charge in [-0.05, 0) is 37.8 Å². The molecule has 0 heterocycles. The second kappa shape index (κ2) is 16.5. The average Bonchev–Trinajstić information content (AvgIpc) is 2.80. The largest absolute Gasteiger partial charge is 0.486 e. The van der Waals surface area contributed by atoms with Crippen LogP contribution < -0.4 is 4.74 Å². The van der Waals surface area contributed by atoms with E-state index in [9.17, 15) is 15.3 Å². The fourth-order valence-electron chi connectivity index (χ4n) is 4.54. The zero-order chi connectivity index (χ0) is 22.8. The van der Waals surface area contributed by atoms with Gasteiger partial charge in [-0.1, -0.05) is 96.3 Å². The zero-order valence-electron chi connectivity index (χ0n) is 20.2. The molecule has 4 heteroatoms. The van der Waals surface area contributed by atoms with Gasteiger partial charge in [-0.15, -0.1) is 0 Å². The first-order valence-corrected chi connectivity index (χ1v) is 12.7. The SMILES string of the molecule is CCCCCCCCC(CCCCCCCC)(Oc1ccccc1)C(CO)(CO)CO. The van der Waals surface area contributed by atoms with E-state index in [-0.39, 0.29) is 19.8 Å². The normalized spacial score (nSPS) is 12.3. The Morgan fingerprint density at radius 2 is 1.03 bits per heavy atom. The zero-order valence-corrected chi connectivity index (χ0v) is 20.2. The molecule has 0 saturated carbocycles. The third-order valence-electron chi connectivity index (χ3n) is 6.80. The lowest BCUT2D eigenvalue weighted by atomic mass is 9.67. The Kier molecular flexibility index (Phi) is 14.9. The highest BCUT2D eigenvalue weighted by atomic mass is 16.5. The summed E-state index contributed by atoms with van der Waals surface area (Å²) in [6.45, 7) is 3.56. The second-order valence-corrected chi connectivity index (χ2v) is 9.20. The van der Waals surface area contributed by atoms with Gasteiger partial charge in [0.15, 0.2) is 0 Å². The maximum Gasteiger partial charge on any atom is 0.121 e. The van der Waals surface area contributed by atoms with Crippen LogP contribution in [0.3, 0.4) is 0 Å². The molecule has 31 heavy (non-hydrogen) atoms. The van der Waals surface area contributed by atoms with Gasteiger partial charge in [0.1, 0.15) is 11.4 Å². The van der Waals surface area contributed by atoms with E-state index in [1.807, 2.05) is 30.3 Å². The van der Waals surface area contributed by atoms with Crippen molar-refractivity contribution in [2.24, 2.45) is 5.41 Å². The molecule has 0 aromatic heterocycles. The van der Waals surface area contributed by atoms with Gasteiger partial charge in [0.25, 0.3) is 0 Å². The smallest absolute Gasteiger partial charge is 0.121 e. The summed E-state index contributed by atoms with van der Waals surface area (Å²) in [5.41, 5.74) is -1.86. The molecule has 4 nitrogen and oxygen atoms in total. The van der Waals surface area contributed by atoms with Crippen LogP contribution in [-0.2, 0) is 0 Å². The van der Waals surface area contributed by atoms with Gasteiger partial charge in [0.2, 0.25) is 0 Å². The lowest BCUT2D eigenvalue weighted by Gasteiger charge is -2.48. The highest BCUT2D eigenvalue weighted by Gasteiger charge is 2.52. The summed E-state index contributed by atoms with van der Waals surface area (Å²) in [5.74, 6) is 0.735. The molecule has 180 valence electrons. The van der Waals surface area contributed by atoms with Crippen LogP contribution >= 0.6 is 0 Å². The van der Waals surface area contributed by atoms with Gasteiger partial charge in [-0.3, -0.25) is 0 Å². The van der Waals surface area contributed by atoms with Crippen molar-refractivity contribution in [3.63, 3.8) is 0 Å². The molecule has 0 saturated heterocycles. The van der Waals surface area contributed by atoms with Crippen molar-refractivity contribution >= 4 is 0 Å². The molecule has 0 unspecified atom stereocenters. The Morgan fingerprint density at radius 1 is 0.613 bits per heavy atom. The van der Waals surface area contributed by atoms with Gasteiger partial charge in [0, 0.05) is 0 Å². The first-order valence-electron chi connectivity index (χ1n) is 12.7. The quantitative estimate of drug-likeness (QED) is 0.211. The molecule has 0 aliphatic carbocycles. The Hall–Kier alpha value is -1.10. The number of benzene rings is 1. The highest BCUT2D eigenvalue weighted by Crippen LogP contribution is 2.43. The van der Waals surface area contributed by atoms with Crippen molar-refractivity contribution in [3.05, 3.63) is 30.3 Å². The van der Waals surface area contributed by atoms with E-state index in [2.05, 4.69) is 13.8 Å². The van der Waals surface area contributed by atoms with E-state index in [4.69, 9.17) is 4.74 Å². The summed E-state index contributed by atoms with van der Waals surface area (Å²) in [7, 11) is 0. The molecular formula is C27H48O4. The molecule has 3 N–H and O–H groups in total. The maximum absolute atomic E-state index is 10.3. The van der Waals surface area contributed by atoms with E-state index in [0.29, 0.717) is 0 Å². The molecule has 0 amide bonds. The van der Waals surface area contributed by atoms with Crippen molar-refractivity contribution in [1.29, 1.82) is 0 Å². The number of ether oxygens (including phenoxy) is 1. The molecule has 0 bridgehead atoms. The Labute approximate surface area is 191 Å². The number of para-hydroxylation sites is 1. The summed E-state index contributed by atoms with van der Waals surface area (Å²) < 4.78 is 6.62. The third kappa shape index (κ3) is 9.11. The highest BCUT2D eigenvalue weighted by molar-refractivity contribution is 5.23. The summed E-state index contributed by atoms with van der Waals surface area (Å²) in [5, 5.41) is 31.0. The minimum absolute atomic E-state index is 0.293. The lowest BCUT2D eigenvalue weighted by Crippen LogP contribution is -2.59. The molecule has 0 spiro atoms. The van der Waals surface area contributed by atoms with Crippen LogP contribution in [0.5, 0.6) is 5.75 Å². The van der Waals surface area contributed by atoms with Crippen molar-refractivity contribution in [2.45, 2.75) is 109 Å². The molecule has 0 atom stereocenters. The molecule has 1 rings (SSSR count). The topological polar surface area (TPSA) is 69.9 Å². The Morgan fingerprint density at radius 3 is 1.45 bits per heavy atom. The molecular weight excluding hydrogens is 388 g/mol. The fourth-order valence-corrected chi connectivity index (χ4v) is 4.54. The number of hydrogen-bond donors (Lipinski definition) is 3. The van der Waals surface area contributed by atoms with E-state index in [1.54, 1.807) is 0 Å². The number of aliphatic hydroxyl groups excluding tert-OH is 3. The van der Waals surface area contributed by atoms with Crippen molar-refractivity contribution < 1.29 is 20.1 Å². The molecule has 0 aliphatic heterocycles. The summed E-state index contributed by atoms with van der Waals surface area (Å²) >= 11 is 0.